The fourth-order valence-corrected chi connectivity index (χ4v) is 1.66. The van der Waals surface area contributed by atoms with Gasteiger partial charge in [0.2, 0.25) is 0 Å². The second-order valence-corrected chi connectivity index (χ2v) is 3.92. The van der Waals surface area contributed by atoms with Crippen LogP contribution in [0.1, 0.15) is 5.56 Å². The number of rotatable bonds is 4. The maximum Gasteiger partial charge on any atom is 0.167 e. The Morgan fingerprint density at radius 3 is 2.53 bits per heavy atom. The molecule has 2 aromatic rings. The van der Waals surface area contributed by atoms with Crippen molar-refractivity contribution in [2.75, 3.05) is 12.4 Å². The van der Waals surface area contributed by atoms with E-state index >= 15 is 0 Å². The first kappa shape index (κ1) is 13.3. The average molecular weight is 267 g/mol. The maximum atomic E-state index is 13.4. The molecule has 0 saturated carbocycles. The number of hydrogen-bond acceptors (Lipinski definition) is 2. The summed E-state index contributed by atoms with van der Waals surface area (Å²) in [5.41, 5.74) is 0.637. The number of methoxy groups -OCH3 is 1. The molecular weight excluding hydrogens is 255 g/mol. The van der Waals surface area contributed by atoms with Crippen LogP contribution in [-0.4, -0.2) is 7.11 Å². The Hall–Kier alpha value is -2.17. The Labute approximate surface area is 108 Å². The van der Waals surface area contributed by atoms with Crippen molar-refractivity contribution in [2.45, 2.75) is 6.54 Å². The fourth-order valence-electron chi connectivity index (χ4n) is 1.66. The molecule has 0 radical (unpaired) electrons. The summed E-state index contributed by atoms with van der Waals surface area (Å²) in [7, 11) is 1.37. The summed E-state index contributed by atoms with van der Waals surface area (Å²) in [6, 6.07) is 8.22. The second kappa shape index (κ2) is 5.65. The standard InChI is InChI=1S/C14H12F3NO/c1-19-13-6-5-10(7-12(13)16)18-8-9-3-2-4-11(15)14(9)17/h2-7,18H,8H2,1H3. The molecule has 2 aromatic carbocycles. The zero-order valence-corrected chi connectivity index (χ0v) is 10.2. The van der Waals surface area contributed by atoms with E-state index in [4.69, 9.17) is 4.74 Å². The number of ether oxygens (including phenoxy) is 1. The molecule has 0 unspecified atom stereocenters. The normalized spacial score (nSPS) is 10.3. The van der Waals surface area contributed by atoms with Crippen molar-refractivity contribution in [3.63, 3.8) is 0 Å². The van der Waals surface area contributed by atoms with Crippen molar-refractivity contribution in [3.05, 3.63) is 59.4 Å². The van der Waals surface area contributed by atoms with Gasteiger partial charge in [0.15, 0.2) is 23.2 Å². The summed E-state index contributed by atoms with van der Waals surface area (Å²) in [4.78, 5) is 0. The molecule has 0 atom stereocenters. The van der Waals surface area contributed by atoms with Crippen LogP contribution in [-0.2, 0) is 6.54 Å². The molecule has 0 bridgehead atoms. The first-order valence-electron chi connectivity index (χ1n) is 5.62. The monoisotopic (exact) mass is 267 g/mol. The van der Waals surface area contributed by atoms with Crippen LogP contribution in [0.3, 0.4) is 0 Å². The molecule has 0 fully saturated rings. The Balaban J connectivity index is 2.10. The van der Waals surface area contributed by atoms with Gasteiger partial charge in [-0.3, -0.25) is 0 Å². The van der Waals surface area contributed by atoms with Crippen molar-refractivity contribution in [1.82, 2.24) is 0 Å². The van der Waals surface area contributed by atoms with Gasteiger partial charge in [0.05, 0.1) is 7.11 Å². The van der Waals surface area contributed by atoms with Crippen LogP contribution in [0, 0.1) is 17.5 Å². The minimum Gasteiger partial charge on any atom is -0.494 e. The lowest BCUT2D eigenvalue weighted by molar-refractivity contribution is 0.386. The summed E-state index contributed by atoms with van der Waals surface area (Å²) in [6.07, 6.45) is 0. The van der Waals surface area contributed by atoms with Gasteiger partial charge >= 0.3 is 0 Å². The molecule has 0 aliphatic rings. The van der Waals surface area contributed by atoms with Gasteiger partial charge in [-0.25, -0.2) is 13.2 Å². The predicted octanol–water partition coefficient (Wildman–Crippen LogP) is 3.72. The molecule has 19 heavy (non-hydrogen) atoms. The van der Waals surface area contributed by atoms with Crippen LogP contribution in [0.5, 0.6) is 5.75 Å². The van der Waals surface area contributed by atoms with Gasteiger partial charge in [-0.2, -0.15) is 0 Å². The van der Waals surface area contributed by atoms with Crippen LogP contribution in [0.15, 0.2) is 36.4 Å². The van der Waals surface area contributed by atoms with E-state index in [1.165, 1.54) is 31.4 Å². The van der Waals surface area contributed by atoms with E-state index in [0.717, 1.165) is 6.07 Å². The molecule has 0 aliphatic heterocycles. The van der Waals surface area contributed by atoms with E-state index < -0.39 is 17.5 Å². The number of anilines is 1. The number of benzene rings is 2. The lowest BCUT2D eigenvalue weighted by Gasteiger charge is -2.09. The number of halogens is 3. The summed E-state index contributed by atoms with van der Waals surface area (Å²) in [6.45, 7) is 0.0648. The second-order valence-electron chi connectivity index (χ2n) is 3.92. The number of nitrogens with one attached hydrogen (secondary N) is 1. The average Bonchev–Trinajstić information content (AvgIpc) is 2.40. The molecule has 100 valence electrons. The Morgan fingerprint density at radius 1 is 1.05 bits per heavy atom. The van der Waals surface area contributed by atoms with Gasteiger partial charge in [0.25, 0.3) is 0 Å². The maximum absolute atomic E-state index is 13.4. The highest BCUT2D eigenvalue weighted by Gasteiger charge is 2.08. The predicted molar refractivity (Wildman–Crippen MR) is 66.6 cm³/mol. The summed E-state index contributed by atoms with van der Waals surface area (Å²) >= 11 is 0. The lowest BCUT2D eigenvalue weighted by Crippen LogP contribution is -2.03. The summed E-state index contributed by atoms with van der Waals surface area (Å²) in [5.74, 6) is -2.20. The highest BCUT2D eigenvalue weighted by atomic mass is 19.2. The molecule has 0 heterocycles. The third kappa shape index (κ3) is 2.99. The molecular formula is C14H12F3NO. The minimum absolute atomic E-state index is 0.0648. The van der Waals surface area contributed by atoms with Crippen molar-refractivity contribution < 1.29 is 17.9 Å². The molecule has 0 aliphatic carbocycles. The first-order valence-corrected chi connectivity index (χ1v) is 5.62. The van der Waals surface area contributed by atoms with E-state index in [9.17, 15) is 13.2 Å². The van der Waals surface area contributed by atoms with Gasteiger partial charge in [0, 0.05) is 23.9 Å². The van der Waals surface area contributed by atoms with Crippen molar-refractivity contribution in [1.29, 1.82) is 0 Å². The van der Waals surface area contributed by atoms with Crippen LogP contribution in [0.25, 0.3) is 0 Å². The molecule has 2 rings (SSSR count). The summed E-state index contributed by atoms with van der Waals surface area (Å²) < 4.78 is 44.6. The van der Waals surface area contributed by atoms with E-state index in [-0.39, 0.29) is 17.9 Å². The Morgan fingerprint density at radius 2 is 1.84 bits per heavy atom. The zero-order valence-electron chi connectivity index (χ0n) is 10.2. The molecule has 5 heteroatoms. The van der Waals surface area contributed by atoms with Gasteiger partial charge in [-0.1, -0.05) is 12.1 Å². The topological polar surface area (TPSA) is 21.3 Å². The third-order valence-corrected chi connectivity index (χ3v) is 2.67. The van der Waals surface area contributed by atoms with Crippen molar-refractivity contribution in [2.24, 2.45) is 0 Å². The van der Waals surface area contributed by atoms with Crippen molar-refractivity contribution >= 4 is 5.69 Å². The SMILES string of the molecule is COc1ccc(NCc2cccc(F)c2F)cc1F. The zero-order chi connectivity index (χ0) is 13.8. The minimum atomic E-state index is -0.903. The van der Waals surface area contributed by atoms with E-state index in [0.29, 0.717) is 5.69 Å². The molecule has 2 nitrogen and oxygen atoms in total. The molecule has 0 saturated heterocycles. The van der Waals surface area contributed by atoms with Crippen LogP contribution in [0.2, 0.25) is 0 Å². The van der Waals surface area contributed by atoms with E-state index in [1.807, 2.05) is 0 Å². The van der Waals surface area contributed by atoms with Gasteiger partial charge < -0.3 is 10.1 Å². The summed E-state index contributed by atoms with van der Waals surface area (Å²) in [5, 5.41) is 2.82. The molecule has 0 aromatic heterocycles. The molecule has 1 N–H and O–H groups in total. The largest absolute Gasteiger partial charge is 0.494 e. The highest BCUT2D eigenvalue weighted by molar-refractivity contribution is 5.47. The Kier molecular flexibility index (Phi) is 3.94. The lowest BCUT2D eigenvalue weighted by atomic mass is 10.2. The third-order valence-electron chi connectivity index (χ3n) is 2.67. The van der Waals surface area contributed by atoms with E-state index in [1.54, 1.807) is 6.07 Å². The van der Waals surface area contributed by atoms with Gasteiger partial charge in [-0.15, -0.1) is 0 Å². The van der Waals surface area contributed by atoms with Crippen LogP contribution < -0.4 is 10.1 Å². The Bertz CT molecular complexity index is 587. The molecule has 0 spiro atoms. The number of hydrogen-bond donors (Lipinski definition) is 1. The quantitative estimate of drug-likeness (QED) is 0.911. The van der Waals surface area contributed by atoms with E-state index in [2.05, 4.69) is 5.32 Å². The van der Waals surface area contributed by atoms with Crippen molar-refractivity contribution in [3.8, 4) is 5.75 Å². The van der Waals surface area contributed by atoms with Gasteiger partial charge in [0.1, 0.15) is 0 Å². The van der Waals surface area contributed by atoms with Crippen LogP contribution in [0.4, 0.5) is 18.9 Å². The van der Waals surface area contributed by atoms with Crippen LogP contribution >= 0.6 is 0 Å². The van der Waals surface area contributed by atoms with Gasteiger partial charge in [-0.05, 0) is 18.2 Å². The molecule has 0 amide bonds. The smallest absolute Gasteiger partial charge is 0.167 e. The first-order chi connectivity index (χ1) is 9.11. The fraction of sp³-hybridized carbons (Fsp3) is 0.143. The highest BCUT2D eigenvalue weighted by Crippen LogP contribution is 2.21.